The number of benzene rings is 3. The number of hydrogen-bond donors (Lipinski definition) is 1. The maximum absolute atomic E-state index is 12.8. The SMILES string of the molecule is CC(C)[C@H](N/N=[P+](/[O-])Oc1c(Cl)ccc2ccccc12)C(=O)O[C@@H](C)c1ccccc1Br. The molecule has 0 radical (unpaired) electrons. The number of carbonyl (C=O) groups is 1. The van der Waals surface area contributed by atoms with Gasteiger partial charge in [-0.25, -0.2) is 0 Å². The summed E-state index contributed by atoms with van der Waals surface area (Å²) in [5, 5.41) is 1.94. The van der Waals surface area contributed by atoms with Crippen LogP contribution in [0.1, 0.15) is 32.4 Å². The fourth-order valence-electron chi connectivity index (χ4n) is 3.11. The molecule has 0 aliphatic carbocycles. The Bertz CT molecular complexity index is 1140. The normalized spacial score (nSPS) is 13.8. The summed E-state index contributed by atoms with van der Waals surface area (Å²) in [5.74, 6) is -0.386. The lowest BCUT2D eigenvalue weighted by Gasteiger charge is -2.21. The first-order chi connectivity index (χ1) is 15.3. The van der Waals surface area contributed by atoms with E-state index in [0.717, 1.165) is 20.8 Å². The first kappa shape index (κ1) is 24.6. The minimum absolute atomic E-state index is 0.165. The van der Waals surface area contributed by atoms with Crippen LogP contribution in [0.5, 0.6) is 5.75 Å². The molecule has 3 aromatic rings. The number of nitrogens with zero attached hydrogens (tertiary/aromatic N) is 1. The summed E-state index contributed by atoms with van der Waals surface area (Å²) in [6.45, 7) is 5.47. The minimum atomic E-state index is -2.53. The van der Waals surface area contributed by atoms with Gasteiger partial charge in [0.15, 0.2) is 0 Å². The Labute approximate surface area is 201 Å². The Kier molecular flexibility index (Phi) is 8.63. The summed E-state index contributed by atoms with van der Waals surface area (Å²) in [6.07, 6.45) is -0.472. The van der Waals surface area contributed by atoms with E-state index >= 15 is 0 Å². The van der Waals surface area contributed by atoms with Crippen LogP contribution in [0.2, 0.25) is 5.02 Å². The van der Waals surface area contributed by atoms with Gasteiger partial charge in [-0.1, -0.05) is 89.9 Å². The molecule has 1 unspecified atom stereocenters. The molecular formula is C23H23BrClN2O4P. The zero-order chi connectivity index (χ0) is 23.3. The second-order valence-electron chi connectivity index (χ2n) is 7.48. The number of esters is 1. The van der Waals surface area contributed by atoms with Crippen LogP contribution < -0.4 is 14.8 Å². The van der Waals surface area contributed by atoms with Crippen LogP contribution in [0.4, 0.5) is 0 Å². The van der Waals surface area contributed by atoms with Crippen LogP contribution in [0, 0.1) is 5.92 Å². The molecule has 0 heterocycles. The number of ether oxygens (including phenoxy) is 1. The second kappa shape index (κ2) is 11.2. The monoisotopic (exact) mass is 536 g/mol. The highest BCUT2D eigenvalue weighted by molar-refractivity contribution is 9.10. The van der Waals surface area contributed by atoms with Gasteiger partial charge in [0.2, 0.25) is 5.75 Å². The smallest absolute Gasteiger partial charge is 0.412 e. The van der Waals surface area contributed by atoms with E-state index in [2.05, 4.69) is 26.2 Å². The molecule has 0 amide bonds. The highest BCUT2D eigenvalue weighted by atomic mass is 79.9. The zero-order valence-corrected chi connectivity index (χ0v) is 21.0. The maximum atomic E-state index is 12.8. The summed E-state index contributed by atoms with van der Waals surface area (Å²) >= 11 is 9.71. The van der Waals surface area contributed by atoms with Crippen LogP contribution >= 0.6 is 35.7 Å². The van der Waals surface area contributed by atoms with Crippen molar-refractivity contribution >= 4 is 52.4 Å². The van der Waals surface area contributed by atoms with Gasteiger partial charge in [0.25, 0.3) is 0 Å². The molecule has 0 spiro atoms. The third-order valence-electron chi connectivity index (χ3n) is 4.84. The zero-order valence-electron chi connectivity index (χ0n) is 17.8. The molecule has 0 aliphatic rings. The van der Waals surface area contributed by atoms with Crippen molar-refractivity contribution in [3.63, 3.8) is 0 Å². The van der Waals surface area contributed by atoms with Crippen molar-refractivity contribution in [3.8, 4) is 5.75 Å². The highest BCUT2D eigenvalue weighted by Gasteiger charge is 2.27. The summed E-state index contributed by atoms with van der Waals surface area (Å²) in [6, 6.07) is 17.7. The molecule has 6 nitrogen and oxygen atoms in total. The molecule has 3 rings (SSSR count). The topological polar surface area (TPSA) is 83.0 Å². The number of hydrogen-bond acceptors (Lipinski definition) is 5. The quantitative estimate of drug-likeness (QED) is 0.206. The number of carbonyl (C=O) groups excluding carboxylic acids is 1. The van der Waals surface area contributed by atoms with Gasteiger partial charge in [0, 0.05) is 20.3 Å². The van der Waals surface area contributed by atoms with Crippen molar-refractivity contribution in [2.24, 2.45) is 10.8 Å². The maximum Gasteiger partial charge on any atom is 0.412 e. The number of nitrogens with one attached hydrogen (secondary N) is 1. The Morgan fingerprint density at radius 3 is 2.50 bits per heavy atom. The molecular weight excluding hydrogens is 515 g/mol. The van der Waals surface area contributed by atoms with Gasteiger partial charge in [-0.2, -0.15) is 5.43 Å². The summed E-state index contributed by atoms with van der Waals surface area (Å²) in [7, 11) is -2.53. The number of fused-ring (bicyclic) bond motifs is 1. The van der Waals surface area contributed by atoms with E-state index < -0.39 is 26.3 Å². The lowest BCUT2D eigenvalue weighted by molar-refractivity contribution is -0.169. The molecule has 3 atom stereocenters. The van der Waals surface area contributed by atoms with E-state index in [-0.39, 0.29) is 11.7 Å². The molecule has 1 N–H and O–H groups in total. The van der Waals surface area contributed by atoms with Crippen LogP contribution in [-0.4, -0.2) is 12.0 Å². The first-order valence-electron chi connectivity index (χ1n) is 10.0. The summed E-state index contributed by atoms with van der Waals surface area (Å²) < 4.78 is 12.0. The molecule has 0 aliphatic heterocycles. The van der Waals surface area contributed by atoms with E-state index in [1.165, 1.54) is 0 Å². The van der Waals surface area contributed by atoms with Crippen molar-refractivity contribution in [2.75, 3.05) is 0 Å². The predicted octanol–water partition coefficient (Wildman–Crippen LogP) is 6.32. The van der Waals surface area contributed by atoms with Gasteiger partial charge in [0.1, 0.15) is 12.1 Å². The Hall–Kier alpha value is -2.02. The van der Waals surface area contributed by atoms with Crippen LogP contribution in [-0.2, 0) is 9.53 Å². The fourth-order valence-corrected chi connectivity index (χ4v) is 4.58. The Morgan fingerprint density at radius 2 is 1.78 bits per heavy atom. The lowest BCUT2D eigenvalue weighted by atomic mass is 10.1. The van der Waals surface area contributed by atoms with Gasteiger partial charge in [0.05, 0.1) is 5.02 Å². The van der Waals surface area contributed by atoms with E-state index in [9.17, 15) is 9.69 Å². The van der Waals surface area contributed by atoms with Gasteiger partial charge in [-0.15, -0.1) is 0 Å². The standard InChI is InChI=1S/C23H23BrClN2O4P/c1-14(2)21(23(28)30-15(3)17-9-6-7-11-19(17)24)26-27-32(29)31-22-18-10-5-4-8-16(18)12-13-20(22)25/h4-15,21,26H,1-3H3/t15-,21-/m0/s1. The summed E-state index contributed by atoms with van der Waals surface area (Å²) in [4.78, 5) is 29.2. The van der Waals surface area contributed by atoms with Gasteiger partial charge in [-0.3, -0.25) is 9.32 Å². The average Bonchev–Trinajstić information content (AvgIpc) is 2.76. The van der Waals surface area contributed by atoms with E-state index in [1.807, 2.05) is 68.4 Å². The van der Waals surface area contributed by atoms with E-state index in [4.69, 9.17) is 20.9 Å². The first-order valence-corrected chi connectivity index (χ1v) is 12.3. The molecule has 32 heavy (non-hydrogen) atoms. The third kappa shape index (κ3) is 6.06. The molecule has 0 fully saturated rings. The molecule has 3 aromatic carbocycles. The van der Waals surface area contributed by atoms with E-state index in [1.54, 1.807) is 13.0 Å². The lowest BCUT2D eigenvalue weighted by Crippen LogP contribution is -2.39. The Balaban J connectivity index is 1.72. The van der Waals surface area contributed by atoms with Crippen molar-refractivity contribution in [3.05, 3.63) is 75.7 Å². The molecule has 0 aromatic heterocycles. The average molecular weight is 538 g/mol. The van der Waals surface area contributed by atoms with Gasteiger partial charge < -0.3 is 9.63 Å². The van der Waals surface area contributed by atoms with Crippen molar-refractivity contribution in [1.29, 1.82) is 0 Å². The summed E-state index contributed by atoms with van der Waals surface area (Å²) in [5.41, 5.74) is 3.51. The molecule has 0 saturated carbocycles. The number of halogens is 2. The third-order valence-corrected chi connectivity index (χ3v) is 6.47. The van der Waals surface area contributed by atoms with Crippen LogP contribution in [0.25, 0.3) is 10.8 Å². The predicted molar refractivity (Wildman–Crippen MR) is 129 cm³/mol. The molecule has 168 valence electrons. The largest absolute Gasteiger partial charge is 0.574 e. The van der Waals surface area contributed by atoms with Gasteiger partial charge >= 0.3 is 14.1 Å². The van der Waals surface area contributed by atoms with E-state index in [0.29, 0.717) is 5.02 Å². The van der Waals surface area contributed by atoms with Crippen molar-refractivity contribution in [1.82, 2.24) is 5.43 Å². The van der Waals surface area contributed by atoms with Crippen molar-refractivity contribution < 1.29 is 18.9 Å². The Morgan fingerprint density at radius 1 is 1.09 bits per heavy atom. The fraction of sp³-hybridized carbons (Fsp3) is 0.261. The molecule has 0 saturated heterocycles. The highest BCUT2D eigenvalue weighted by Crippen LogP contribution is 2.37. The molecule has 0 bridgehead atoms. The van der Waals surface area contributed by atoms with Gasteiger partial charge in [-0.05, 0) is 30.4 Å². The number of rotatable bonds is 8. The minimum Gasteiger partial charge on any atom is -0.574 e. The molecule has 9 heteroatoms. The van der Waals surface area contributed by atoms with Crippen LogP contribution in [0.3, 0.4) is 0 Å². The van der Waals surface area contributed by atoms with Crippen LogP contribution in [0.15, 0.2) is 70.0 Å². The second-order valence-corrected chi connectivity index (χ2v) is 9.60. The van der Waals surface area contributed by atoms with Crippen molar-refractivity contribution in [2.45, 2.75) is 32.9 Å².